The van der Waals surface area contributed by atoms with E-state index in [0.29, 0.717) is 10.7 Å². The van der Waals surface area contributed by atoms with Gasteiger partial charge in [-0.1, -0.05) is 23.5 Å². The number of rotatable bonds is 3. The predicted octanol–water partition coefficient (Wildman–Crippen LogP) is 4.55. The molecule has 1 unspecified atom stereocenters. The molecule has 0 fully saturated rings. The van der Waals surface area contributed by atoms with E-state index < -0.39 is 0 Å². The third-order valence-electron chi connectivity index (χ3n) is 3.06. The van der Waals surface area contributed by atoms with E-state index in [9.17, 15) is 10.2 Å². The number of phenols is 2. The third-order valence-corrected chi connectivity index (χ3v) is 3.98. The number of fused-ring (bicyclic) bond motifs is 1. The first-order valence-electron chi connectivity index (χ1n) is 6.42. The first kappa shape index (κ1) is 13.5. The number of hydrogen-bond acceptors (Lipinski definition) is 6. The summed E-state index contributed by atoms with van der Waals surface area (Å²) in [7, 11) is 0. The molecule has 3 aromatic rings. The summed E-state index contributed by atoms with van der Waals surface area (Å²) in [6.07, 6.45) is 0. The topological polar surface area (TPSA) is 78.1 Å². The molecule has 6 heteroatoms. The number of phenolic OH excluding ortho intramolecular Hbond substituents is 2. The zero-order valence-corrected chi connectivity index (χ0v) is 12.1. The molecule has 0 spiro atoms. The minimum absolute atomic E-state index is 0.0866. The lowest BCUT2D eigenvalue weighted by atomic mass is 10.1. The van der Waals surface area contributed by atoms with Crippen LogP contribution in [0, 0.1) is 0 Å². The van der Waals surface area contributed by atoms with Gasteiger partial charge in [0.25, 0.3) is 0 Å². The highest BCUT2D eigenvalue weighted by Gasteiger charge is 2.11. The van der Waals surface area contributed by atoms with Gasteiger partial charge in [0.15, 0.2) is 0 Å². The van der Waals surface area contributed by atoms with Crippen LogP contribution >= 0.6 is 11.3 Å². The number of hydrogen-bond donors (Lipinski definition) is 2. The standard InChI is InChI=1S/C15H13N3O2S/c1-9(11-8-10(19)6-7-13(11)20)17-18-15-16-12-4-2-3-5-14(12)21-15/h2-9,19-20H,1H3. The molecule has 0 saturated carbocycles. The van der Waals surface area contributed by atoms with Crippen LogP contribution in [-0.4, -0.2) is 15.2 Å². The number of thiazole rings is 1. The fourth-order valence-electron chi connectivity index (χ4n) is 1.98. The molecule has 0 radical (unpaired) electrons. The molecule has 3 rings (SSSR count). The molecule has 0 saturated heterocycles. The van der Waals surface area contributed by atoms with Crippen molar-refractivity contribution in [3.05, 3.63) is 48.0 Å². The normalized spacial score (nSPS) is 13.0. The maximum Gasteiger partial charge on any atom is 0.230 e. The van der Waals surface area contributed by atoms with Crippen molar-refractivity contribution in [2.75, 3.05) is 0 Å². The minimum Gasteiger partial charge on any atom is -0.508 e. The Bertz CT molecular complexity index is 781. The number of para-hydroxylation sites is 1. The number of nitrogens with zero attached hydrogens (tertiary/aromatic N) is 3. The highest BCUT2D eigenvalue weighted by Crippen LogP contribution is 2.32. The highest BCUT2D eigenvalue weighted by atomic mass is 32.1. The Hall–Kier alpha value is -2.47. The molecule has 1 atom stereocenters. The van der Waals surface area contributed by atoms with Gasteiger partial charge in [0.05, 0.1) is 16.3 Å². The summed E-state index contributed by atoms with van der Waals surface area (Å²) in [5, 5.41) is 28.1. The van der Waals surface area contributed by atoms with Crippen LogP contribution in [0.25, 0.3) is 10.2 Å². The first-order valence-corrected chi connectivity index (χ1v) is 7.23. The summed E-state index contributed by atoms with van der Waals surface area (Å²) >= 11 is 1.46. The largest absolute Gasteiger partial charge is 0.508 e. The molecule has 0 aliphatic rings. The average Bonchev–Trinajstić information content (AvgIpc) is 2.90. The van der Waals surface area contributed by atoms with Gasteiger partial charge in [0, 0.05) is 5.56 Å². The van der Waals surface area contributed by atoms with Crippen LogP contribution in [0.3, 0.4) is 0 Å². The highest BCUT2D eigenvalue weighted by molar-refractivity contribution is 7.21. The zero-order chi connectivity index (χ0) is 14.8. The molecule has 106 valence electrons. The second-order valence-corrected chi connectivity index (χ2v) is 5.61. The van der Waals surface area contributed by atoms with E-state index in [-0.39, 0.29) is 17.5 Å². The molecule has 21 heavy (non-hydrogen) atoms. The van der Waals surface area contributed by atoms with Crippen LogP contribution in [0.2, 0.25) is 0 Å². The maximum absolute atomic E-state index is 9.79. The molecule has 2 N–H and O–H groups in total. The first-order chi connectivity index (χ1) is 10.1. The van der Waals surface area contributed by atoms with Gasteiger partial charge in [-0.15, -0.1) is 5.11 Å². The van der Waals surface area contributed by atoms with Crippen LogP contribution in [0.15, 0.2) is 52.7 Å². The Morgan fingerprint density at radius 3 is 2.76 bits per heavy atom. The molecule has 5 nitrogen and oxygen atoms in total. The average molecular weight is 299 g/mol. The second-order valence-electron chi connectivity index (χ2n) is 4.60. The summed E-state index contributed by atoms with van der Waals surface area (Å²) in [5.41, 5.74) is 1.42. The Morgan fingerprint density at radius 2 is 1.95 bits per heavy atom. The number of azo groups is 1. The summed E-state index contributed by atoms with van der Waals surface area (Å²) in [6.45, 7) is 1.80. The Balaban J connectivity index is 1.86. The molecule has 0 amide bonds. The van der Waals surface area contributed by atoms with E-state index in [1.165, 1.54) is 29.5 Å². The van der Waals surface area contributed by atoms with E-state index in [2.05, 4.69) is 15.2 Å². The second kappa shape index (κ2) is 5.49. The summed E-state index contributed by atoms with van der Waals surface area (Å²) in [5.74, 6) is 0.174. The number of aromatic hydroxyl groups is 2. The van der Waals surface area contributed by atoms with Gasteiger partial charge in [-0.2, -0.15) is 5.11 Å². The van der Waals surface area contributed by atoms with E-state index in [0.717, 1.165) is 10.2 Å². The molecule has 1 heterocycles. The van der Waals surface area contributed by atoms with Gasteiger partial charge >= 0.3 is 0 Å². The van der Waals surface area contributed by atoms with Crippen LogP contribution in [0.5, 0.6) is 11.5 Å². The predicted molar refractivity (Wildman–Crippen MR) is 82.3 cm³/mol. The molecule has 2 aromatic carbocycles. The Labute approximate surface area is 125 Å². The van der Waals surface area contributed by atoms with E-state index in [1.807, 2.05) is 24.3 Å². The zero-order valence-electron chi connectivity index (χ0n) is 11.3. The lowest BCUT2D eigenvalue weighted by Crippen LogP contribution is -1.89. The van der Waals surface area contributed by atoms with Crippen LogP contribution in [0.4, 0.5) is 5.13 Å². The maximum atomic E-state index is 9.79. The van der Waals surface area contributed by atoms with Crippen molar-refractivity contribution in [3.8, 4) is 11.5 Å². The van der Waals surface area contributed by atoms with Crippen molar-refractivity contribution in [2.45, 2.75) is 13.0 Å². The minimum atomic E-state index is -0.371. The van der Waals surface area contributed by atoms with Gasteiger partial charge in [-0.3, -0.25) is 0 Å². The summed E-state index contributed by atoms with van der Waals surface area (Å²) in [6, 6.07) is 11.8. The van der Waals surface area contributed by atoms with Gasteiger partial charge in [-0.25, -0.2) is 4.98 Å². The van der Waals surface area contributed by atoms with Crippen molar-refractivity contribution >= 4 is 26.7 Å². The lowest BCUT2D eigenvalue weighted by Gasteiger charge is -2.07. The van der Waals surface area contributed by atoms with Crippen LogP contribution < -0.4 is 0 Å². The monoisotopic (exact) mass is 299 g/mol. The third kappa shape index (κ3) is 2.85. The molecular weight excluding hydrogens is 286 g/mol. The smallest absolute Gasteiger partial charge is 0.230 e. The Kier molecular flexibility index (Phi) is 3.53. The van der Waals surface area contributed by atoms with Crippen molar-refractivity contribution in [1.82, 2.24) is 4.98 Å². The van der Waals surface area contributed by atoms with Crippen molar-refractivity contribution in [2.24, 2.45) is 10.2 Å². The van der Waals surface area contributed by atoms with Crippen LogP contribution in [0.1, 0.15) is 18.5 Å². The van der Waals surface area contributed by atoms with Crippen molar-refractivity contribution < 1.29 is 10.2 Å². The summed E-state index contributed by atoms with van der Waals surface area (Å²) < 4.78 is 1.05. The summed E-state index contributed by atoms with van der Waals surface area (Å²) in [4.78, 5) is 4.36. The quantitative estimate of drug-likeness (QED) is 0.550. The fourth-order valence-corrected chi connectivity index (χ4v) is 2.77. The van der Waals surface area contributed by atoms with Gasteiger partial charge in [-0.05, 0) is 37.3 Å². The van der Waals surface area contributed by atoms with Gasteiger partial charge in [0.1, 0.15) is 11.5 Å². The molecule has 1 aromatic heterocycles. The molecule has 0 bridgehead atoms. The van der Waals surface area contributed by atoms with Crippen molar-refractivity contribution in [1.29, 1.82) is 0 Å². The fraction of sp³-hybridized carbons (Fsp3) is 0.133. The van der Waals surface area contributed by atoms with Gasteiger partial charge in [0.2, 0.25) is 5.13 Å². The van der Waals surface area contributed by atoms with E-state index in [4.69, 9.17) is 0 Å². The lowest BCUT2D eigenvalue weighted by molar-refractivity contribution is 0.449. The van der Waals surface area contributed by atoms with Crippen LogP contribution in [-0.2, 0) is 0 Å². The molecular formula is C15H13N3O2S. The number of benzene rings is 2. The van der Waals surface area contributed by atoms with Crippen molar-refractivity contribution in [3.63, 3.8) is 0 Å². The molecule has 0 aliphatic carbocycles. The van der Waals surface area contributed by atoms with E-state index in [1.54, 1.807) is 6.92 Å². The SMILES string of the molecule is CC(N=Nc1nc2ccccc2s1)c1cc(O)ccc1O. The van der Waals surface area contributed by atoms with Gasteiger partial charge < -0.3 is 10.2 Å². The van der Waals surface area contributed by atoms with E-state index >= 15 is 0 Å². The number of aromatic nitrogens is 1. The molecule has 0 aliphatic heterocycles. The Morgan fingerprint density at radius 1 is 1.14 bits per heavy atom.